The molecule has 3 nitrogen and oxygen atoms in total. The van der Waals surface area contributed by atoms with E-state index in [1.54, 1.807) is 0 Å². The summed E-state index contributed by atoms with van der Waals surface area (Å²) in [6, 6.07) is 0. The maximum Gasteiger partial charge on any atom is 0.165 e. The fourth-order valence-electron chi connectivity index (χ4n) is 9.68. The van der Waals surface area contributed by atoms with Gasteiger partial charge in [-0.3, -0.25) is 4.79 Å². The number of ketones is 1. The zero-order valence-electron chi connectivity index (χ0n) is 21.7. The Morgan fingerprint density at radius 1 is 1.00 bits per heavy atom. The van der Waals surface area contributed by atoms with E-state index in [0.29, 0.717) is 29.6 Å². The monoisotopic (exact) mass is 446 g/mol. The van der Waals surface area contributed by atoms with E-state index in [2.05, 4.69) is 41.5 Å². The van der Waals surface area contributed by atoms with Crippen LogP contribution >= 0.6 is 0 Å². The van der Waals surface area contributed by atoms with Crippen molar-refractivity contribution in [3.8, 4) is 0 Å². The highest BCUT2D eigenvalue weighted by atomic mass is 16.3. The minimum atomic E-state index is -1.31. The normalized spacial score (nSPS) is 48.2. The van der Waals surface area contributed by atoms with E-state index in [1.165, 1.54) is 38.5 Å². The topological polar surface area (TPSA) is 57.5 Å². The van der Waals surface area contributed by atoms with Crippen molar-refractivity contribution in [1.82, 2.24) is 0 Å². The van der Waals surface area contributed by atoms with Gasteiger partial charge in [-0.2, -0.15) is 0 Å². The molecule has 2 N–H and O–H groups in total. The minimum Gasteiger partial charge on any atom is -0.393 e. The molecule has 0 aromatic carbocycles. The number of fused-ring (bicyclic) bond motifs is 5. The van der Waals surface area contributed by atoms with E-state index in [1.807, 2.05) is 0 Å². The first kappa shape index (κ1) is 24.7. The van der Waals surface area contributed by atoms with Gasteiger partial charge in [0.25, 0.3) is 0 Å². The van der Waals surface area contributed by atoms with Gasteiger partial charge in [-0.05, 0) is 91.8 Å². The van der Waals surface area contributed by atoms with Gasteiger partial charge in [-0.25, -0.2) is 0 Å². The Hall–Kier alpha value is -0.410. The average molecular weight is 447 g/mol. The first-order chi connectivity index (χ1) is 15.0. The quantitative estimate of drug-likeness (QED) is 0.496. The molecule has 4 aliphatic carbocycles. The second kappa shape index (κ2) is 8.67. The Bertz CT molecular complexity index is 703. The van der Waals surface area contributed by atoms with E-state index >= 15 is 0 Å². The molecule has 184 valence electrons. The summed E-state index contributed by atoms with van der Waals surface area (Å²) < 4.78 is 0. The average Bonchev–Trinajstić information content (AvgIpc) is 3.08. The smallest absolute Gasteiger partial charge is 0.165 e. The van der Waals surface area contributed by atoms with Gasteiger partial charge >= 0.3 is 0 Å². The third-order valence-electron chi connectivity index (χ3n) is 11.8. The van der Waals surface area contributed by atoms with Gasteiger partial charge < -0.3 is 10.2 Å². The summed E-state index contributed by atoms with van der Waals surface area (Å²) in [5.41, 5.74) is -1.32. The van der Waals surface area contributed by atoms with Crippen LogP contribution in [0.15, 0.2) is 0 Å². The summed E-state index contributed by atoms with van der Waals surface area (Å²) in [7, 11) is 0. The lowest BCUT2D eigenvalue weighted by atomic mass is 9.42. The van der Waals surface area contributed by atoms with E-state index in [-0.39, 0.29) is 17.6 Å². The molecular weight excluding hydrogens is 396 g/mol. The fraction of sp³-hybridized carbons (Fsp3) is 0.966. The molecule has 4 rings (SSSR count). The van der Waals surface area contributed by atoms with Crippen LogP contribution in [0.25, 0.3) is 0 Å². The van der Waals surface area contributed by atoms with Crippen LogP contribution in [-0.2, 0) is 4.79 Å². The lowest BCUT2D eigenvalue weighted by Gasteiger charge is -2.63. The number of carbonyl (C=O) groups excluding carboxylic acids is 1. The van der Waals surface area contributed by atoms with Crippen molar-refractivity contribution in [2.24, 2.45) is 52.3 Å². The first-order valence-electron chi connectivity index (χ1n) is 13.9. The summed E-state index contributed by atoms with van der Waals surface area (Å²) >= 11 is 0. The second-order valence-electron chi connectivity index (χ2n) is 13.4. The summed E-state index contributed by atoms with van der Waals surface area (Å²) in [6.45, 7) is 14.3. The predicted molar refractivity (Wildman–Crippen MR) is 130 cm³/mol. The van der Waals surface area contributed by atoms with Crippen LogP contribution in [0.4, 0.5) is 0 Å². The van der Waals surface area contributed by atoms with Crippen LogP contribution in [-0.4, -0.2) is 27.7 Å². The van der Waals surface area contributed by atoms with Crippen LogP contribution < -0.4 is 0 Å². The van der Waals surface area contributed by atoms with E-state index < -0.39 is 11.7 Å². The Balaban J connectivity index is 1.52. The van der Waals surface area contributed by atoms with Crippen molar-refractivity contribution < 1.29 is 15.0 Å². The van der Waals surface area contributed by atoms with Gasteiger partial charge in [0.15, 0.2) is 5.78 Å². The van der Waals surface area contributed by atoms with Crippen molar-refractivity contribution in [2.75, 3.05) is 0 Å². The molecule has 32 heavy (non-hydrogen) atoms. The SMILES string of the molecule is CC[C@H](CC[C@@H](C)[C@H]1CC[C@H]2[C@@H]3CC(=O)[C@@]4(O)C[C@@H](O)CC[C@]4(C)[C@H]3CC[C@]12C)C(C)C. The fourth-order valence-corrected chi connectivity index (χ4v) is 9.68. The van der Waals surface area contributed by atoms with E-state index in [9.17, 15) is 15.0 Å². The van der Waals surface area contributed by atoms with Gasteiger partial charge in [0.2, 0.25) is 0 Å². The van der Waals surface area contributed by atoms with Crippen LogP contribution in [0.5, 0.6) is 0 Å². The molecule has 0 bridgehead atoms. The Labute approximate surface area is 197 Å². The second-order valence-corrected chi connectivity index (χ2v) is 13.4. The molecule has 10 atom stereocenters. The molecule has 0 heterocycles. The van der Waals surface area contributed by atoms with Gasteiger partial charge in [-0.1, -0.05) is 54.4 Å². The van der Waals surface area contributed by atoms with Gasteiger partial charge in [0.05, 0.1) is 6.10 Å². The lowest BCUT2D eigenvalue weighted by molar-refractivity contribution is -0.213. The minimum absolute atomic E-state index is 0.0310. The zero-order chi connectivity index (χ0) is 23.5. The van der Waals surface area contributed by atoms with Crippen molar-refractivity contribution in [3.05, 3.63) is 0 Å². The van der Waals surface area contributed by atoms with Crippen molar-refractivity contribution in [1.29, 1.82) is 0 Å². The molecule has 0 aromatic heterocycles. The third-order valence-corrected chi connectivity index (χ3v) is 11.8. The maximum atomic E-state index is 13.4. The highest BCUT2D eigenvalue weighted by molar-refractivity contribution is 5.89. The summed E-state index contributed by atoms with van der Waals surface area (Å²) in [4.78, 5) is 13.4. The third kappa shape index (κ3) is 3.63. The van der Waals surface area contributed by atoms with Crippen LogP contribution in [0.2, 0.25) is 0 Å². The standard InChI is InChI=1S/C29H50O3/c1-7-20(18(2)3)9-8-19(4)23-10-11-24-22-16-26(31)29(32)17-21(30)12-15-28(29,6)25(22)13-14-27(23,24)5/h18-25,30,32H,7-17H2,1-6H3/t19-,20-,21+,22+,23-,24+,25+,27-,28-,29+/m1/s1. The van der Waals surface area contributed by atoms with Crippen molar-refractivity contribution in [3.63, 3.8) is 0 Å². The Morgan fingerprint density at radius 2 is 1.72 bits per heavy atom. The van der Waals surface area contributed by atoms with Gasteiger partial charge in [-0.15, -0.1) is 0 Å². The van der Waals surface area contributed by atoms with Crippen LogP contribution in [0, 0.1) is 52.3 Å². The maximum absolute atomic E-state index is 13.4. The van der Waals surface area contributed by atoms with Crippen molar-refractivity contribution in [2.45, 2.75) is 124 Å². The highest BCUT2D eigenvalue weighted by Gasteiger charge is 2.67. The molecule has 0 aliphatic heterocycles. The molecule has 0 radical (unpaired) electrons. The lowest BCUT2D eigenvalue weighted by Crippen LogP contribution is -2.67. The molecule has 4 saturated carbocycles. The van der Waals surface area contributed by atoms with Gasteiger partial charge in [0, 0.05) is 18.3 Å². The molecule has 0 unspecified atom stereocenters. The number of aliphatic hydroxyl groups excluding tert-OH is 1. The number of aliphatic hydroxyl groups is 2. The van der Waals surface area contributed by atoms with Crippen LogP contribution in [0.3, 0.4) is 0 Å². The van der Waals surface area contributed by atoms with E-state index in [0.717, 1.165) is 42.9 Å². The van der Waals surface area contributed by atoms with Gasteiger partial charge in [0.1, 0.15) is 5.60 Å². The molecule has 0 spiro atoms. The molecule has 3 heteroatoms. The Morgan fingerprint density at radius 3 is 2.38 bits per heavy atom. The van der Waals surface area contributed by atoms with Crippen LogP contribution in [0.1, 0.15) is 112 Å². The number of Topliss-reactive ketones (excluding diaryl/α,β-unsaturated/α-hetero) is 1. The number of carbonyl (C=O) groups is 1. The molecule has 4 aliphatic rings. The summed E-state index contributed by atoms with van der Waals surface area (Å²) in [5.74, 6) is 4.65. The Kier molecular flexibility index (Phi) is 6.69. The summed E-state index contributed by atoms with van der Waals surface area (Å²) in [5, 5.41) is 21.8. The number of hydrogen-bond acceptors (Lipinski definition) is 3. The summed E-state index contributed by atoms with van der Waals surface area (Å²) in [6.07, 6.45) is 10.7. The molecule has 4 fully saturated rings. The van der Waals surface area contributed by atoms with E-state index in [4.69, 9.17) is 0 Å². The molecular formula is C29H50O3. The van der Waals surface area contributed by atoms with Crippen molar-refractivity contribution >= 4 is 5.78 Å². The molecule has 0 amide bonds. The first-order valence-corrected chi connectivity index (χ1v) is 13.9. The predicted octanol–water partition coefficient (Wildman–Crippen LogP) is 6.40. The molecule has 0 saturated heterocycles. The number of rotatable bonds is 6. The largest absolute Gasteiger partial charge is 0.393 e. The zero-order valence-corrected chi connectivity index (χ0v) is 21.7. The molecule has 0 aromatic rings. The number of hydrogen-bond donors (Lipinski definition) is 2. The highest BCUT2D eigenvalue weighted by Crippen LogP contribution is 2.68.